The Kier molecular flexibility index (Phi) is 5.67. The Morgan fingerprint density at radius 1 is 1.06 bits per heavy atom. The molecule has 1 fully saturated rings. The lowest BCUT2D eigenvalue weighted by atomic mass is 9.98. The Hall–Kier alpha value is -3.35. The molecule has 0 aliphatic heterocycles. The van der Waals surface area contributed by atoms with Gasteiger partial charge in [-0.15, -0.1) is 0 Å². The second-order valence-electron chi connectivity index (χ2n) is 8.45. The molecule has 0 saturated heterocycles. The molecule has 1 saturated carbocycles. The third-order valence-electron chi connectivity index (χ3n) is 6.00. The quantitative estimate of drug-likeness (QED) is 0.606. The summed E-state index contributed by atoms with van der Waals surface area (Å²) in [4.78, 5) is 35.7. The normalized spacial score (nSPS) is 16.5. The van der Waals surface area contributed by atoms with Crippen molar-refractivity contribution in [3.05, 3.63) is 59.7 Å². The highest BCUT2D eigenvalue weighted by molar-refractivity contribution is 5.92. The van der Waals surface area contributed by atoms with Gasteiger partial charge in [0.15, 0.2) is 0 Å². The fourth-order valence-corrected chi connectivity index (χ4v) is 4.17. The first-order chi connectivity index (χ1) is 14.9. The van der Waals surface area contributed by atoms with Gasteiger partial charge in [0.25, 0.3) is 0 Å². The van der Waals surface area contributed by atoms with Gasteiger partial charge in [-0.3, -0.25) is 9.59 Å². The molecule has 31 heavy (non-hydrogen) atoms. The van der Waals surface area contributed by atoms with Gasteiger partial charge in [0, 0.05) is 18.9 Å². The number of fused-ring (bicyclic) bond motifs is 3. The molecule has 0 radical (unpaired) electrons. The number of carbonyl (C=O) groups excluding carboxylic acids is 2. The number of rotatable bonds is 8. The minimum Gasteiger partial charge on any atom is -0.481 e. The smallest absolute Gasteiger partial charge is 0.408 e. The molecule has 7 nitrogen and oxygen atoms in total. The van der Waals surface area contributed by atoms with Crippen molar-refractivity contribution in [1.82, 2.24) is 10.6 Å². The fourth-order valence-electron chi connectivity index (χ4n) is 4.17. The van der Waals surface area contributed by atoms with E-state index in [1.54, 1.807) is 6.92 Å². The van der Waals surface area contributed by atoms with Crippen molar-refractivity contribution in [3.8, 4) is 11.1 Å². The molecule has 2 amide bonds. The lowest BCUT2D eigenvalue weighted by molar-refractivity contribution is -0.138. The molecule has 0 aromatic heterocycles. The van der Waals surface area contributed by atoms with Crippen LogP contribution in [0.4, 0.5) is 4.79 Å². The zero-order chi connectivity index (χ0) is 22.0. The van der Waals surface area contributed by atoms with Crippen LogP contribution in [0.15, 0.2) is 48.5 Å². The van der Waals surface area contributed by atoms with Crippen molar-refractivity contribution in [3.63, 3.8) is 0 Å². The molecule has 2 aliphatic rings. The highest BCUT2D eigenvalue weighted by atomic mass is 16.5. The van der Waals surface area contributed by atoms with Crippen LogP contribution in [0.5, 0.6) is 0 Å². The molecule has 1 atom stereocenters. The van der Waals surface area contributed by atoms with Crippen LogP contribution in [-0.2, 0) is 14.3 Å². The van der Waals surface area contributed by atoms with Crippen molar-refractivity contribution in [2.45, 2.75) is 37.6 Å². The third-order valence-corrected chi connectivity index (χ3v) is 6.00. The Balaban J connectivity index is 1.34. The number of carboxylic acid groups (broad SMARTS) is 1. The van der Waals surface area contributed by atoms with E-state index < -0.39 is 17.6 Å². The average molecular weight is 422 g/mol. The highest BCUT2D eigenvalue weighted by Gasteiger charge is 2.51. The summed E-state index contributed by atoms with van der Waals surface area (Å²) in [5.41, 5.74) is 3.61. The average Bonchev–Trinajstić information content (AvgIpc) is 3.45. The highest BCUT2D eigenvalue weighted by Crippen LogP contribution is 2.44. The predicted octanol–water partition coefficient (Wildman–Crippen LogP) is 3.28. The summed E-state index contributed by atoms with van der Waals surface area (Å²) in [6.07, 6.45) is 0.438. The van der Waals surface area contributed by atoms with E-state index in [1.165, 1.54) is 0 Å². The molecule has 2 aliphatic carbocycles. The molecule has 3 N–H and O–H groups in total. The number of amides is 2. The molecular weight excluding hydrogens is 396 g/mol. The first-order valence-electron chi connectivity index (χ1n) is 10.5. The Labute approximate surface area is 180 Å². The molecule has 0 heterocycles. The van der Waals surface area contributed by atoms with E-state index in [9.17, 15) is 14.4 Å². The van der Waals surface area contributed by atoms with Gasteiger partial charge < -0.3 is 20.5 Å². The van der Waals surface area contributed by atoms with Gasteiger partial charge in [-0.25, -0.2) is 4.79 Å². The largest absolute Gasteiger partial charge is 0.481 e. The van der Waals surface area contributed by atoms with Crippen molar-refractivity contribution in [1.29, 1.82) is 0 Å². The summed E-state index contributed by atoms with van der Waals surface area (Å²) in [6.45, 7) is 2.19. The number of ether oxygens (including phenoxy) is 1. The van der Waals surface area contributed by atoms with E-state index in [0.29, 0.717) is 12.8 Å². The predicted molar refractivity (Wildman–Crippen MR) is 115 cm³/mol. The van der Waals surface area contributed by atoms with Gasteiger partial charge >= 0.3 is 12.1 Å². The van der Waals surface area contributed by atoms with Crippen LogP contribution >= 0.6 is 0 Å². The van der Waals surface area contributed by atoms with Crippen LogP contribution < -0.4 is 10.6 Å². The number of hydrogen-bond acceptors (Lipinski definition) is 4. The lowest BCUT2D eigenvalue weighted by Crippen LogP contribution is -2.50. The number of alkyl carbamates (subject to hydrolysis) is 1. The number of carbonyl (C=O) groups is 3. The summed E-state index contributed by atoms with van der Waals surface area (Å²) in [5, 5.41) is 14.3. The maximum absolute atomic E-state index is 12.5. The standard InChI is InChI=1S/C24H26N2O5/c1-15(12-21(27)28)13-25-22(29)24(10-11-24)26-23(30)31-14-20-18-8-4-2-6-16(18)17-7-3-5-9-19(17)20/h2-9,15,20H,10-14H2,1H3,(H,25,29)(H,26,30)(H,27,28). The van der Waals surface area contributed by atoms with E-state index in [4.69, 9.17) is 9.84 Å². The summed E-state index contributed by atoms with van der Waals surface area (Å²) >= 11 is 0. The second-order valence-corrected chi connectivity index (χ2v) is 8.45. The van der Waals surface area contributed by atoms with Crippen LogP contribution in [-0.4, -0.2) is 41.8 Å². The van der Waals surface area contributed by atoms with E-state index in [2.05, 4.69) is 34.9 Å². The number of nitrogens with one attached hydrogen (secondary N) is 2. The minimum absolute atomic E-state index is 0.0207. The van der Waals surface area contributed by atoms with E-state index in [0.717, 1.165) is 22.3 Å². The van der Waals surface area contributed by atoms with E-state index >= 15 is 0 Å². The zero-order valence-corrected chi connectivity index (χ0v) is 17.4. The molecule has 4 rings (SSSR count). The maximum atomic E-state index is 12.5. The summed E-state index contributed by atoms with van der Waals surface area (Å²) in [5.74, 6) is -1.43. The van der Waals surface area contributed by atoms with Gasteiger partial charge in [-0.1, -0.05) is 55.5 Å². The van der Waals surface area contributed by atoms with Crippen molar-refractivity contribution in [2.75, 3.05) is 13.2 Å². The number of carboxylic acids is 1. The topological polar surface area (TPSA) is 105 Å². The zero-order valence-electron chi connectivity index (χ0n) is 17.4. The Morgan fingerprint density at radius 2 is 1.65 bits per heavy atom. The first-order valence-corrected chi connectivity index (χ1v) is 10.5. The second kappa shape index (κ2) is 8.41. The number of hydrogen-bond donors (Lipinski definition) is 3. The minimum atomic E-state index is -0.953. The Morgan fingerprint density at radius 3 is 2.19 bits per heavy atom. The van der Waals surface area contributed by atoms with Gasteiger partial charge in [-0.05, 0) is 41.0 Å². The SMILES string of the molecule is CC(CNC(=O)C1(NC(=O)OCC2c3ccccc3-c3ccccc32)CC1)CC(=O)O. The van der Waals surface area contributed by atoms with E-state index in [1.807, 2.05) is 24.3 Å². The van der Waals surface area contributed by atoms with Crippen molar-refractivity contribution >= 4 is 18.0 Å². The number of benzene rings is 2. The monoisotopic (exact) mass is 422 g/mol. The maximum Gasteiger partial charge on any atom is 0.408 e. The van der Waals surface area contributed by atoms with Gasteiger partial charge in [0.05, 0.1) is 0 Å². The molecule has 7 heteroatoms. The van der Waals surface area contributed by atoms with Gasteiger partial charge in [0.2, 0.25) is 5.91 Å². The lowest BCUT2D eigenvalue weighted by Gasteiger charge is -2.20. The van der Waals surface area contributed by atoms with Crippen LogP contribution in [0, 0.1) is 5.92 Å². The van der Waals surface area contributed by atoms with Crippen LogP contribution in [0.3, 0.4) is 0 Å². The molecule has 1 unspecified atom stereocenters. The van der Waals surface area contributed by atoms with Gasteiger partial charge in [0.1, 0.15) is 12.1 Å². The van der Waals surface area contributed by atoms with Crippen LogP contribution in [0.25, 0.3) is 11.1 Å². The first kappa shape index (κ1) is 20.9. The molecule has 2 aromatic rings. The van der Waals surface area contributed by atoms with Crippen LogP contribution in [0.1, 0.15) is 43.2 Å². The number of aliphatic carboxylic acids is 1. The molecule has 2 aromatic carbocycles. The molecular formula is C24H26N2O5. The fraction of sp³-hybridized carbons (Fsp3) is 0.375. The summed E-state index contributed by atoms with van der Waals surface area (Å²) < 4.78 is 5.54. The molecule has 162 valence electrons. The van der Waals surface area contributed by atoms with Crippen LogP contribution in [0.2, 0.25) is 0 Å². The van der Waals surface area contributed by atoms with Crippen molar-refractivity contribution in [2.24, 2.45) is 5.92 Å². The third kappa shape index (κ3) is 4.40. The summed E-state index contributed by atoms with van der Waals surface area (Å²) in [6, 6.07) is 16.2. The molecule has 0 spiro atoms. The van der Waals surface area contributed by atoms with Crippen molar-refractivity contribution < 1.29 is 24.2 Å². The van der Waals surface area contributed by atoms with E-state index in [-0.39, 0.29) is 37.3 Å². The molecule has 0 bridgehead atoms. The summed E-state index contributed by atoms with van der Waals surface area (Å²) in [7, 11) is 0. The Bertz CT molecular complexity index is 969. The van der Waals surface area contributed by atoms with Gasteiger partial charge in [-0.2, -0.15) is 0 Å².